The molecule has 1 fully saturated rings. The van der Waals surface area contributed by atoms with E-state index < -0.39 is 0 Å². The molecule has 1 N–H and O–H groups in total. The molecule has 1 heterocycles. The third kappa shape index (κ3) is 5.65. The van der Waals surface area contributed by atoms with E-state index >= 15 is 0 Å². The van der Waals surface area contributed by atoms with Crippen LogP contribution in [0.25, 0.3) is 0 Å². The van der Waals surface area contributed by atoms with Gasteiger partial charge in [-0.2, -0.15) is 0 Å². The molecule has 3 atom stereocenters. The van der Waals surface area contributed by atoms with Crippen LogP contribution in [0.5, 0.6) is 0 Å². The zero-order valence-corrected chi connectivity index (χ0v) is 13.5. The summed E-state index contributed by atoms with van der Waals surface area (Å²) in [6, 6.07) is 9.56. The molecule has 1 saturated heterocycles. The monoisotopic (exact) mass is 321 g/mol. The summed E-state index contributed by atoms with van der Waals surface area (Å²) >= 11 is 0. The number of hydrogen-bond acceptors (Lipinski definition) is 6. The van der Waals surface area contributed by atoms with Crippen molar-refractivity contribution in [3.05, 3.63) is 35.9 Å². The third-order valence-corrected chi connectivity index (χ3v) is 3.67. The number of nitrogens with one attached hydrogen (secondary N) is 1. The lowest BCUT2D eigenvalue weighted by molar-refractivity contribution is -0.165. The number of piperidine rings is 1. The largest absolute Gasteiger partial charge is 0.464 e. The zero-order valence-electron chi connectivity index (χ0n) is 13.5. The van der Waals surface area contributed by atoms with Crippen molar-refractivity contribution < 1.29 is 23.8 Å². The molecule has 2 rings (SSSR count). The lowest BCUT2D eigenvalue weighted by Gasteiger charge is -2.37. The van der Waals surface area contributed by atoms with Gasteiger partial charge in [-0.1, -0.05) is 30.3 Å². The van der Waals surface area contributed by atoms with E-state index in [2.05, 4.69) is 5.32 Å². The van der Waals surface area contributed by atoms with E-state index in [4.69, 9.17) is 14.2 Å². The third-order valence-electron chi connectivity index (χ3n) is 3.67. The van der Waals surface area contributed by atoms with Gasteiger partial charge in [0.15, 0.2) is 0 Å². The summed E-state index contributed by atoms with van der Waals surface area (Å²) in [4.78, 5) is 22.4. The number of carbonyl (C=O) groups is 2. The van der Waals surface area contributed by atoms with E-state index in [9.17, 15) is 9.59 Å². The van der Waals surface area contributed by atoms with Crippen LogP contribution in [0.15, 0.2) is 30.3 Å². The average Bonchev–Trinajstić information content (AvgIpc) is 2.52. The normalized spacial score (nSPS) is 24.0. The summed E-state index contributed by atoms with van der Waals surface area (Å²) in [5.74, 6) is -0.681. The molecule has 0 saturated carbocycles. The molecule has 0 bridgehead atoms. The zero-order chi connectivity index (χ0) is 16.7. The van der Waals surface area contributed by atoms with Crippen LogP contribution in [0.4, 0.5) is 0 Å². The summed E-state index contributed by atoms with van der Waals surface area (Å²) in [5.41, 5.74) is 1.03. The molecule has 0 amide bonds. The average molecular weight is 321 g/mol. The second kappa shape index (κ2) is 8.64. The van der Waals surface area contributed by atoms with Crippen LogP contribution in [0.3, 0.4) is 0 Å². The van der Waals surface area contributed by atoms with Gasteiger partial charge in [-0.15, -0.1) is 0 Å². The smallest absolute Gasteiger partial charge is 0.302 e. The van der Waals surface area contributed by atoms with E-state index in [-0.39, 0.29) is 36.8 Å². The molecule has 0 spiro atoms. The number of esters is 2. The van der Waals surface area contributed by atoms with Gasteiger partial charge in [-0.05, 0) is 18.5 Å². The fourth-order valence-electron chi connectivity index (χ4n) is 2.64. The van der Waals surface area contributed by atoms with E-state index in [1.54, 1.807) is 0 Å². The molecule has 1 aliphatic rings. The first kappa shape index (κ1) is 17.4. The van der Waals surface area contributed by atoms with E-state index in [1.165, 1.54) is 13.8 Å². The van der Waals surface area contributed by atoms with Crippen LogP contribution in [0, 0.1) is 0 Å². The molecule has 0 aliphatic carbocycles. The molecule has 0 aromatic heterocycles. The van der Waals surface area contributed by atoms with Gasteiger partial charge in [0.25, 0.3) is 0 Å². The Kier molecular flexibility index (Phi) is 6.55. The highest BCUT2D eigenvalue weighted by atomic mass is 16.6. The van der Waals surface area contributed by atoms with Crippen molar-refractivity contribution in [3.63, 3.8) is 0 Å². The number of hydrogen-bond donors (Lipinski definition) is 1. The summed E-state index contributed by atoms with van der Waals surface area (Å²) in [6.45, 7) is 4.02. The fraction of sp³-hybridized carbons (Fsp3) is 0.529. The van der Waals surface area contributed by atoms with Crippen molar-refractivity contribution in [2.75, 3.05) is 13.2 Å². The maximum absolute atomic E-state index is 11.3. The highest BCUT2D eigenvalue weighted by Crippen LogP contribution is 2.19. The second-order valence-corrected chi connectivity index (χ2v) is 5.56. The number of rotatable bonds is 6. The van der Waals surface area contributed by atoms with Crippen molar-refractivity contribution in [2.24, 2.45) is 0 Å². The first-order chi connectivity index (χ1) is 11.1. The predicted molar refractivity (Wildman–Crippen MR) is 83.6 cm³/mol. The van der Waals surface area contributed by atoms with Crippen molar-refractivity contribution in [1.29, 1.82) is 0 Å². The van der Waals surface area contributed by atoms with Gasteiger partial charge in [-0.3, -0.25) is 9.59 Å². The topological polar surface area (TPSA) is 73.9 Å². The van der Waals surface area contributed by atoms with Gasteiger partial charge < -0.3 is 19.5 Å². The van der Waals surface area contributed by atoms with Crippen molar-refractivity contribution in [3.8, 4) is 0 Å². The Balaban J connectivity index is 2.03. The van der Waals surface area contributed by atoms with Gasteiger partial charge in [0, 0.05) is 13.8 Å². The molecular weight excluding hydrogens is 298 g/mol. The van der Waals surface area contributed by atoms with Gasteiger partial charge in [0.1, 0.15) is 18.8 Å². The van der Waals surface area contributed by atoms with Gasteiger partial charge in [0.05, 0.1) is 12.6 Å². The van der Waals surface area contributed by atoms with Crippen LogP contribution in [0.2, 0.25) is 0 Å². The minimum atomic E-state index is -0.368. The molecule has 6 heteroatoms. The second-order valence-electron chi connectivity index (χ2n) is 5.56. The van der Waals surface area contributed by atoms with Crippen molar-refractivity contribution in [2.45, 2.75) is 45.1 Å². The van der Waals surface area contributed by atoms with Crippen LogP contribution >= 0.6 is 0 Å². The first-order valence-electron chi connectivity index (χ1n) is 7.75. The molecule has 126 valence electrons. The minimum Gasteiger partial charge on any atom is -0.464 e. The van der Waals surface area contributed by atoms with Crippen LogP contribution in [-0.2, 0) is 30.4 Å². The standard InChI is InChI=1S/C17H23NO5/c1-12(19)21-11-15-17(16(8-9-18-15)23-13(2)20)22-10-14-6-4-3-5-7-14/h3-7,15-18H,8-11H2,1-2H3/t15-,16?,17+/m1/s1. The molecule has 1 aromatic carbocycles. The summed E-state index contributed by atoms with van der Waals surface area (Å²) in [7, 11) is 0. The van der Waals surface area contributed by atoms with Crippen molar-refractivity contribution in [1.82, 2.24) is 5.32 Å². The number of benzene rings is 1. The first-order valence-corrected chi connectivity index (χ1v) is 7.75. The Labute approximate surface area is 136 Å². The molecule has 1 aliphatic heterocycles. The predicted octanol–water partition coefficient (Wildman–Crippen LogP) is 1.43. The van der Waals surface area contributed by atoms with E-state index in [1.807, 2.05) is 30.3 Å². The molecule has 1 unspecified atom stereocenters. The highest BCUT2D eigenvalue weighted by molar-refractivity contribution is 5.66. The lowest BCUT2D eigenvalue weighted by atomic mass is 9.98. The van der Waals surface area contributed by atoms with Crippen LogP contribution in [0.1, 0.15) is 25.8 Å². The van der Waals surface area contributed by atoms with Gasteiger partial charge >= 0.3 is 11.9 Å². The fourth-order valence-corrected chi connectivity index (χ4v) is 2.64. The quantitative estimate of drug-likeness (QED) is 0.799. The molecule has 1 aromatic rings. The SMILES string of the molecule is CC(=O)OC[C@H]1NCCC(OC(C)=O)[C@H]1OCc1ccccc1. The molecular formula is C17H23NO5. The van der Waals surface area contributed by atoms with Gasteiger partial charge in [0.2, 0.25) is 0 Å². The number of carbonyl (C=O) groups excluding carboxylic acids is 2. The summed E-state index contributed by atoms with van der Waals surface area (Å²) in [6.07, 6.45) is -0.0551. The molecule has 0 radical (unpaired) electrons. The molecule has 23 heavy (non-hydrogen) atoms. The van der Waals surface area contributed by atoms with Crippen LogP contribution in [-0.4, -0.2) is 43.3 Å². The Morgan fingerprint density at radius 1 is 1.17 bits per heavy atom. The Morgan fingerprint density at radius 2 is 1.91 bits per heavy atom. The highest BCUT2D eigenvalue weighted by Gasteiger charge is 2.36. The molecule has 6 nitrogen and oxygen atoms in total. The maximum Gasteiger partial charge on any atom is 0.302 e. The van der Waals surface area contributed by atoms with E-state index in [0.717, 1.165) is 5.56 Å². The summed E-state index contributed by atoms with van der Waals surface area (Å²) in [5, 5.41) is 3.27. The Morgan fingerprint density at radius 3 is 2.57 bits per heavy atom. The number of ether oxygens (including phenoxy) is 3. The Hall–Kier alpha value is -1.92. The van der Waals surface area contributed by atoms with Gasteiger partial charge in [-0.25, -0.2) is 0 Å². The minimum absolute atomic E-state index is 0.187. The summed E-state index contributed by atoms with van der Waals surface area (Å²) < 4.78 is 16.5. The Bertz CT molecular complexity index is 519. The lowest BCUT2D eigenvalue weighted by Crippen LogP contribution is -2.56. The van der Waals surface area contributed by atoms with E-state index in [0.29, 0.717) is 19.6 Å². The maximum atomic E-state index is 11.3. The van der Waals surface area contributed by atoms with Crippen LogP contribution < -0.4 is 5.32 Å². The van der Waals surface area contributed by atoms with Crippen molar-refractivity contribution >= 4 is 11.9 Å².